The molecule has 4 aliphatic carbocycles. The van der Waals surface area contributed by atoms with E-state index in [0.717, 1.165) is 56.4 Å². The Kier molecular flexibility index (Phi) is 10.7. The normalized spacial score (nSPS) is 30.5. The Morgan fingerprint density at radius 1 is 0.660 bits per heavy atom. The summed E-state index contributed by atoms with van der Waals surface area (Å²) in [6, 6.07) is 33.9. The largest absolute Gasteiger partial charge is 0.489 e. The van der Waals surface area contributed by atoms with E-state index in [-0.39, 0.29) is 27.8 Å². The molecule has 0 amide bonds. The Labute approximate surface area is 318 Å². The average molecular weight is 713 g/mol. The highest BCUT2D eigenvalue weighted by Gasteiger charge is 2.54. The number of aryl methyl sites for hydroxylation is 2. The molecule has 4 nitrogen and oxygen atoms in total. The molecule has 0 saturated heterocycles. The quantitative estimate of drug-likeness (QED) is 0.185. The molecule has 8 rings (SSSR count). The van der Waals surface area contributed by atoms with Gasteiger partial charge in [0.15, 0.2) is 0 Å². The third-order valence-electron chi connectivity index (χ3n) is 14.5. The number of aldehydes is 1. The van der Waals surface area contributed by atoms with Crippen molar-refractivity contribution in [2.24, 2.45) is 22.7 Å². The molecule has 0 spiro atoms. The highest BCUT2D eigenvalue weighted by Crippen LogP contribution is 2.59. The third-order valence-corrected chi connectivity index (χ3v) is 14.5. The fourth-order valence-electron chi connectivity index (χ4n) is 11.3. The maximum absolute atomic E-state index is 11.9. The summed E-state index contributed by atoms with van der Waals surface area (Å²) >= 11 is 0. The van der Waals surface area contributed by atoms with E-state index >= 15 is 0 Å². The van der Waals surface area contributed by atoms with Gasteiger partial charge in [-0.15, -0.1) is 0 Å². The van der Waals surface area contributed by atoms with E-state index < -0.39 is 0 Å². The molecule has 7 atom stereocenters. The molecule has 0 aromatic heterocycles. The number of ether oxygens (including phenoxy) is 2. The van der Waals surface area contributed by atoms with Crippen molar-refractivity contribution in [3.05, 3.63) is 130 Å². The molecule has 0 bridgehead atoms. The number of benzene rings is 4. The first-order chi connectivity index (χ1) is 25.5. The van der Waals surface area contributed by atoms with Crippen LogP contribution in [0.25, 0.3) is 0 Å². The van der Waals surface area contributed by atoms with E-state index in [2.05, 4.69) is 100 Å². The lowest BCUT2D eigenvalue weighted by molar-refractivity contribution is -0.123. The minimum Gasteiger partial charge on any atom is -0.489 e. The average Bonchev–Trinajstić information content (AvgIpc) is 3.17. The van der Waals surface area contributed by atoms with Crippen LogP contribution in [0.5, 0.6) is 11.5 Å². The van der Waals surface area contributed by atoms with Gasteiger partial charge >= 0.3 is 0 Å². The zero-order chi connectivity index (χ0) is 37.3. The van der Waals surface area contributed by atoms with Gasteiger partial charge < -0.3 is 19.4 Å². The molecular weight excluding hydrogens is 653 g/mol. The van der Waals surface area contributed by atoms with Crippen molar-refractivity contribution >= 4 is 6.29 Å². The summed E-state index contributed by atoms with van der Waals surface area (Å²) in [6.45, 7) is 12.5. The van der Waals surface area contributed by atoms with E-state index in [1.54, 1.807) is 0 Å². The molecule has 2 saturated carbocycles. The smallest absolute Gasteiger partial charge is 0.126 e. The Morgan fingerprint density at radius 3 is 1.62 bits per heavy atom. The van der Waals surface area contributed by atoms with Gasteiger partial charge in [-0.3, -0.25) is 0 Å². The fraction of sp³-hybridized carbons (Fsp3) is 0.490. The van der Waals surface area contributed by atoms with Crippen LogP contribution in [-0.4, -0.2) is 17.5 Å². The Balaban J connectivity index is 0.000000164. The summed E-state index contributed by atoms with van der Waals surface area (Å²) < 4.78 is 12.2. The molecule has 0 heterocycles. The zero-order valence-corrected chi connectivity index (χ0v) is 32.7. The predicted molar refractivity (Wildman–Crippen MR) is 214 cm³/mol. The van der Waals surface area contributed by atoms with Crippen LogP contribution in [0.1, 0.15) is 119 Å². The van der Waals surface area contributed by atoms with E-state index in [9.17, 15) is 9.90 Å². The monoisotopic (exact) mass is 712 g/mol. The number of rotatable bonds is 8. The van der Waals surface area contributed by atoms with E-state index in [1.807, 2.05) is 31.2 Å². The van der Waals surface area contributed by atoms with Gasteiger partial charge in [0.25, 0.3) is 0 Å². The molecule has 1 N–H and O–H groups in total. The number of aliphatic hydroxyl groups is 1. The van der Waals surface area contributed by atoms with Crippen LogP contribution in [0.4, 0.5) is 0 Å². The van der Waals surface area contributed by atoms with Gasteiger partial charge in [-0.1, -0.05) is 113 Å². The number of carbonyl (C=O) groups is 1. The van der Waals surface area contributed by atoms with Gasteiger partial charge in [0.1, 0.15) is 31.0 Å². The highest BCUT2D eigenvalue weighted by atomic mass is 16.5. The molecule has 4 aromatic carbocycles. The molecule has 0 aliphatic heterocycles. The van der Waals surface area contributed by atoms with Crippen molar-refractivity contribution in [3.63, 3.8) is 0 Å². The molecule has 280 valence electrons. The van der Waals surface area contributed by atoms with Crippen LogP contribution in [-0.2, 0) is 41.7 Å². The first-order valence-corrected chi connectivity index (χ1v) is 20.2. The van der Waals surface area contributed by atoms with Crippen LogP contribution in [0.15, 0.2) is 97.1 Å². The number of carbonyl (C=O) groups excluding carboxylic acids is 1. The Hall–Kier alpha value is -3.89. The van der Waals surface area contributed by atoms with Crippen molar-refractivity contribution in [3.8, 4) is 11.5 Å². The highest BCUT2D eigenvalue weighted by molar-refractivity contribution is 5.61. The van der Waals surface area contributed by atoms with Crippen molar-refractivity contribution in [2.45, 2.75) is 129 Å². The minimum absolute atomic E-state index is 0.00555. The van der Waals surface area contributed by atoms with Crippen molar-refractivity contribution < 1.29 is 19.4 Å². The van der Waals surface area contributed by atoms with Crippen molar-refractivity contribution in [1.82, 2.24) is 0 Å². The van der Waals surface area contributed by atoms with Crippen LogP contribution in [0.2, 0.25) is 0 Å². The summed E-state index contributed by atoms with van der Waals surface area (Å²) in [5.41, 5.74) is 8.16. The molecule has 2 fully saturated rings. The van der Waals surface area contributed by atoms with Crippen molar-refractivity contribution in [2.75, 3.05) is 0 Å². The topological polar surface area (TPSA) is 55.8 Å². The van der Waals surface area contributed by atoms with E-state index in [4.69, 9.17) is 9.47 Å². The van der Waals surface area contributed by atoms with Gasteiger partial charge in [0, 0.05) is 5.41 Å². The molecule has 4 aromatic rings. The van der Waals surface area contributed by atoms with Crippen molar-refractivity contribution in [1.29, 1.82) is 0 Å². The molecular formula is C49H60O4. The fourth-order valence-corrected chi connectivity index (χ4v) is 11.3. The zero-order valence-electron chi connectivity index (χ0n) is 32.7. The van der Waals surface area contributed by atoms with Crippen LogP contribution in [0, 0.1) is 22.7 Å². The Bertz CT molecular complexity index is 1870. The SMILES string of the molecule is CC(O)[C@@]1(C)CCC[C@]2(C)c3cc(OCc4ccccc4)ccc3CC[C@H]21.C[C@]1(C=O)CCC[C@]2(C)c3cc(OCc4ccccc4)ccc3CC[C@@H]12. The molecule has 4 heteroatoms. The number of hydrogen-bond donors (Lipinski definition) is 1. The summed E-state index contributed by atoms with van der Waals surface area (Å²) in [5.74, 6) is 2.85. The molecule has 1 unspecified atom stereocenters. The van der Waals surface area contributed by atoms with Gasteiger partial charge in [0.2, 0.25) is 0 Å². The standard InChI is InChI=1S/C25H32O2.C24H28O2/c1-18(26)24(2)14-7-15-25(3)22-16-21(12-10-20(22)11-13-23(24)25)27-17-19-8-5-4-6-9-19;1-23(17-25)13-6-14-24(2)21-15-20(11-9-19(21)10-12-22(23)24)26-16-18-7-4-3-5-8-18/h4-6,8-10,12,16,18,23,26H,7,11,13-15,17H2,1-3H3;3-5,7-9,11,15,17,22H,6,10,12-14,16H2,1-2H3/t18?,23-,24+,25+;22-,23+,24+/m00/s1. The number of fused-ring (bicyclic) bond motifs is 6. The lowest BCUT2D eigenvalue weighted by Crippen LogP contribution is -2.53. The predicted octanol–water partition coefficient (Wildman–Crippen LogP) is 11.1. The van der Waals surface area contributed by atoms with Gasteiger partial charge in [-0.05, 0) is 144 Å². The van der Waals surface area contributed by atoms with Crippen LogP contribution < -0.4 is 9.47 Å². The molecule has 4 aliphatic rings. The number of aliphatic hydroxyl groups excluding tert-OH is 1. The van der Waals surface area contributed by atoms with Gasteiger partial charge in [-0.25, -0.2) is 0 Å². The summed E-state index contributed by atoms with van der Waals surface area (Å²) in [4.78, 5) is 11.9. The lowest BCUT2D eigenvalue weighted by atomic mass is 9.48. The molecule has 53 heavy (non-hydrogen) atoms. The Morgan fingerprint density at radius 2 is 1.13 bits per heavy atom. The first kappa shape index (κ1) is 37.4. The number of hydrogen-bond acceptors (Lipinski definition) is 4. The van der Waals surface area contributed by atoms with Gasteiger partial charge in [0.05, 0.1) is 6.10 Å². The van der Waals surface area contributed by atoms with Crippen LogP contribution in [0.3, 0.4) is 0 Å². The minimum atomic E-state index is -0.263. The summed E-state index contributed by atoms with van der Waals surface area (Å²) in [6.07, 6.45) is 12.3. The van der Waals surface area contributed by atoms with E-state index in [0.29, 0.717) is 25.0 Å². The molecule has 0 radical (unpaired) electrons. The lowest BCUT2D eigenvalue weighted by Gasteiger charge is -2.56. The second-order valence-electron chi connectivity index (χ2n) is 17.7. The second-order valence-corrected chi connectivity index (χ2v) is 17.7. The second kappa shape index (κ2) is 15.1. The van der Waals surface area contributed by atoms with Crippen LogP contribution >= 0.6 is 0 Å². The maximum Gasteiger partial charge on any atom is 0.126 e. The van der Waals surface area contributed by atoms with Gasteiger partial charge in [-0.2, -0.15) is 0 Å². The first-order valence-electron chi connectivity index (χ1n) is 20.2. The van der Waals surface area contributed by atoms with E-state index in [1.165, 1.54) is 58.9 Å². The summed E-state index contributed by atoms with van der Waals surface area (Å²) in [5, 5.41) is 10.6. The summed E-state index contributed by atoms with van der Waals surface area (Å²) in [7, 11) is 0. The maximum atomic E-state index is 11.9. The third kappa shape index (κ3) is 7.21.